The summed E-state index contributed by atoms with van der Waals surface area (Å²) in [5.74, 6) is 1.41. The van der Waals surface area contributed by atoms with Gasteiger partial charge in [0.2, 0.25) is 5.91 Å². The molecule has 6 nitrogen and oxygen atoms in total. The minimum atomic E-state index is -0.0939. The third-order valence-electron chi connectivity index (χ3n) is 4.45. The van der Waals surface area contributed by atoms with Crippen molar-refractivity contribution in [2.45, 2.75) is 19.0 Å². The van der Waals surface area contributed by atoms with Crippen LogP contribution in [0.25, 0.3) is 11.4 Å². The fraction of sp³-hybridized carbons (Fsp3) is 0.250. The number of aryl methyl sites for hydroxylation is 1. The summed E-state index contributed by atoms with van der Waals surface area (Å²) in [6.45, 7) is 4.01. The highest BCUT2D eigenvalue weighted by molar-refractivity contribution is 7.99. The highest BCUT2D eigenvalue weighted by atomic mass is 35.5. The van der Waals surface area contributed by atoms with Gasteiger partial charge in [0, 0.05) is 17.8 Å². The number of rotatable bonds is 6. The molecule has 0 unspecified atom stereocenters. The summed E-state index contributed by atoms with van der Waals surface area (Å²) in [7, 11) is 3.44. The van der Waals surface area contributed by atoms with E-state index in [1.54, 1.807) is 25.3 Å². The van der Waals surface area contributed by atoms with Crippen molar-refractivity contribution in [2.75, 3.05) is 18.2 Å². The first kappa shape index (κ1) is 20.2. The van der Waals surface area contributed by atoms with Crippen LogP contribution < -0.4 is 10.1 Å². The van der Waals surface area contributed by atoms with Crippen LogP contribution in [0.4, 0.5) is 5.69 Å². The summed E-state index contributed by atoms with van der Waals surface area (Å²) in [5.41, 5.74) is 3.78. The van der Waals surface area contributed by atoms with Gasteiger partial charge in [-0.15, -0.1) is 10.2 Å². The van der Waals surface area contributed by atoms with Crippen LogP contribution in [0.15, 0.2) is 41.6 Å². The van der Waals surface area contributed by atoms with Gasteiger partial charge in [0.1, 0.15) is 5.75 Å². The molecule has 2 aromatic carbocycles. The lowest BCUT2D eigenvalue weighted by molar-refractivity contribution is -0.113. The molecule has 0 saturated carbocycles. The van der Waals surface area contributed by atoms with Crippen molar-refractivity contribution in [3.05, 3.63) is 52.5 Å². The molecular weight excluding hydrogens is 396 g/mol. The molecule has 1 amide bonds. The van der Waals surface area contributed by atoms with Crippen molar-refractivity contribution in [3.8, 4) is 17.1 Å². The van der Waals surface area contributed by atoms with Crippen LogP contribution in [0.5, 0.6) is 5.75 Å². The molecule has 8 heteroatoms. The third-order valence-corrected chi connectivity index (χ3v) is 5.70. The lowest BCUT2D eigenvalue weighted by atomic mass is 10.1. The Kier molecular flexibility index (Phi) is 6.26. The lowest BCUT2D eigenvalue weighted by Gasteiger charge is -2.10. The van der Waals surface area contributed by atoms with Gasteiger partial charge in [-0.25, -0.2) is 0 Å². The molecule has 0 radical (unpaired) electrons. The third kappa shape index (κ3) is 4.31. The first-order valence-corrected chi connectivity index (χ1v) is 9.99. The summed E-state index contributed by atoms with van der Waals surface area (Å²) in [4.78, 5) is 12.4. The minimum absolute atomic E-state index is 0.0939. The topological polar surface area (TPSA) is 69.0 Å². The predicted molar refractivity (Wildman–Crippen MR) is 113 cm³/mol. The number of thioether (sulfide) groups is 1. The molecule has 28 heavy (non-hydrogen) atoms. The van der Waals surface area contributed by atoms with Gasteiger partial charge in [-0.3, -0.25) is 4.79 Å². The average Bonchev–Trinajstić information content (AvgIpc) is 3.04. The maximum absolute atomic E-state index is 12.4. The summed E-state index contributed by atoms with van der Waals surface area (Å²) in [5, 5.41) is 12.6. The fourth-order valence-corrected chi connectivity index (χ4v) is 3.62. The molecule has 0 fully saturated rings. The zero-order valence-electron chi connectivity index (χ0n) is 16.1. The number of methoxy groups -OCH3 is 1. The number of amides is 1. The van der Waals surface area contributed by atoms with Crippen LogP contribution in [0.1, 0.15) is 11.1 Å². The largest absolute Gasteiger partial charge is 0.496 e. The number of nitrogens with one attached hydrogen (secondary N) is 1. The molecule has 1 aromatic heterocycles. The monoisotopic (exact) mass is 416 g/mol. The van der Waals surface area contributed by atoms with Crippen molar-refractivity contribution in [3.63, 3.8) is 0 Å². The van der Waals surface area contributed by atoms with Gasteiger partial charge in [0.25, 0.3) is 0 Å². The summed E-state index contributed by atoms with van der Waals surface area (Å²) >= 11 is 7.44. The van der Waals surface area contributed by atoms with Gasteiger partial charge in [-0.2, -0.15) is 0 Å². The lowest BCUT2D eigenvalue weighted by Crippen LogP contribution is -2.15. The number of halogens is 1. The molecular formula is C20H21ClN4O2S. The number of anilines is 1. The van der Waals surface area contributed by atoms with Gasteiger partial charge in [-0.1, -0.05) is 35.5 Å². The second-order valence-electron chi connectivity index (χ2n) is 6.29. The van der Waals surface area contributed by atoms with E-state index in [-0.39, 0.29) is 11.7 Å². The Hall–Kier alpha value is -2.51. The number of hydrogen-bond donors (Lipinski definition) is 1. The second-order valence-corrected chi connectivity index (χ2v) is 7.67. The van der Waals surface area contributed by atoms with E-state index < -0.39 is 0 Å². The van der Waals surface area contributed by atoms with Crippen LogP contribution in [-0.4, -0.2) is 33.5 Å². The van der Waals surface area contributed by atoms with E-state index in [9.17, 15) is 4.79 Å². The molecule has 0 aliphatic heterocycles. The number of carbonyl (C=O) groups is 1. The molecule has 3 aromatic rings. The zero-order valence-corrected chi connectivity index (χ0v) is 17.7. The normalized spacial score (nSPS) is 10.8. The standard InChI is InChI=1S/C20H21ClN4O2S/c1-12-6-5-7-16(13(12)2)22-18(26)11-28-20-24-23-19(25(20)3)15-10-14(21)8-9-17(15)27-4/h5-10H,11H2,1-4H3,(H,22,26). The van der Waals surface area contributed by atoms with Crippen molar-refractivity contribution >= 4 is 35.0 Å². The zero-order chi connectivity index (χ0) is 20.3. The van der Waals surface area contributed by atoms with Crippen LogP contribution in [0.3, 0.4) is 0 Å². The quantitative estimate of drug-likeness (QED) is 0.599. The van der Waals surface area contributed by atoms with Crippen molar-refractivity contribution in [1.82, 2.24) is 14.8 Å². The van der Waals surface area contributed by atoms with Crippen molar-refractivity contribution < 1.29 is 9.53 Å². The number of carbonyl (C=O) groups excluding carboxylic acids is 1. The van der Waals surface area contributed by atoms with Crippen LogP contribution in [0.2, 0.25) is 5.02 Å². The van der Waals surface area contributed by atoms with Gasteiger partial charge < -0.3 is 14.6 Å². The number of benzene rings is 2. The first-order chi connectivity index (χ1) is 13.4. The predicted octanol–water partition coefficient (Wildman–Crippen LogP) is 4.49. The highest BCUT2D eigenvalue weighted by Crippen LogP contribution is 2.32. The molecule has 146 valence electrons. The molecule has 3 rings (SSSR count). The van der Waals surface area contributed by atoms with E-state index in [4.69, 9.17) is 16.3 Å². The van der Waals surface area contributed by atoms with E-state index in [1.807, 2.05) is 43.7 Å². The number of ether oxygens (including phenoxy) is 1. The van der Waals surface area contributed by atoms with E-state index in [0.717, 1.165) is 22.4 Å². The van der Waals surface area contributed by atoms with Gasteiger partial charge in [0.15, 0.2) is 11.0 Å². The first-order valence-electron chi connectivity index (χ1n) is 8.63. The molecule has 1 N–H and O–H groups in total. The number of aromatic nitrogens is 3. The molecule has 0 aliphatic rings. The van der Waals surface area contributed by atoms with Gasteiger partial charge in [-0.05, 0) is 49.2 Å². The van der Waals surface area contributed by atoms with E-state index in [0.29, 0.717) is 21.8 Å². The van der Waals surface area contributed by atoms with Crippen LogP contribution >= 0.6 is 23.4 Å². The van der Waals surface area contributed by atoms with Crippen molar-refractivity contribution in [2.24, 2.45) is 7.05 Å². The van der Waals surface area contributed by atoms with Gasteiger partial charge in [0.05, 0.1) is 18.4 Å². The fourth-order valence-electron chi connectivity index (χ4n) is 2.73. The summed E-state index contributed by atoms with van der Waals surface area (Å²) < 4.78 is 7.22. The molecule has 0 aliphatic carbocycles. The Balaban J connectivity index is 1.72. The smallest absolute Gasteiger partial charge is 0.234 e. The Morgan fingerprint density at radius 2 is 2.04 bits per heavy atom. The van der Waals surface area contributed by atoms with Crippen molar-refractivity contribution in [1.29, 1.82) is 0 Å². The van der Waals surface area contributed by atoms with E-state index in [1.165, 1.54) is 11.8 Å². The van der Waals surface area contributed by atoms with Crippen LogP contribution in [0, 0.1) is 13.8 Å². The molecule has 0 atom stereocenters. The maximum Gasteiger partial charge on any atom is 0.234 e. The average molecular weight is 417 g/mol. The second kappa shape index (κ2) is 8.67. The van der Waals surface area contributed by atoms with Gasteiger partial charge >= 0.3 is 0 Å². The summed E-state index contributed by atoms with van der Waals surface area (Å²) in [6.07, 6.45) is 0. The Bertz CT molecular complexity index is 1020. The molecule has 1 heterocycles. The SMILES string of the molecule is COc1ccc(Cl)cc1-c1nnc(SCC(=O)Nc2cccc(C)c2C)n1C. The number of hydrogen-bond acceptors (Lipinski definition) is 5. The Labute approximate surface area is 173 Å². The molecule has 0 spiro atoms. The maximum atomic E-state index is 12.4. The molecule has 0 bridgehead atoms. The Morgan fingerprint density at radius 1 is 1.25 bits per heavy atom. The minimum Gasteiger partial charge on any atom is -0.496 e. The molecule has 0 saturated heterocycles. The summed E-state index contributed by atoms with van der Waals surface area (Å²) in [6, 6.07) is 11.2. The number of nitrogens with zero attached hydrogens (tertiary/aromatic N) is 3. The Morgan fingerprint density at radius 3 is 2.79 bits per heavy atom. The van der Waals surface area contributed by atoms with Crippen LogP contribution in [-0.2, 0) is 11.8 Å². The van der Waals surface area contributed by atoms with E-state index >= 15 is 0 Å². The van der Waals surface area contributed by atoms with E-state index in [2.05, 4.69) is 15.5 Å². The highest BCUT2D eigenvalue weighted by Gasteiger charge is 2.17.